The molecule has 1 unspecified atom stereocenters. The second-order valence-electron chi connectivity index (χ2n) is 9.30. The first-order valence-corrected chi connectivity index (χ1v) is 14.0. The Morgan fingerprint density at radius 1 is 1.15 bits per heavy atom. The highest BCUT2D eigenvalue weighted by molar-refractivity contribution is 8.00. The van der Waals surface area contributed by atoms with Crippen LogP contribution in [0.4, 0.5) is 0 Å². The topological polar surface area (TPSA) is 95.9 Å². The largest absolute Gasteiger partial charge is 0.480 e. The summed E-state index contributed by atoms with van der Waals surface area (Å²) in [5, 5.41) is 13.2. The maximum Gasteiger partial charge on any atom is 0.323 e. The van der Waals surface area contributed by atoms with Gasteiger partial charge in [-0.15, -0.1) is 0 Å². The normalized spacial score (nSPS) is 23.1. The van der Waals surface area contributed by atoms with Crippen LogP contribution in [0.25, 0.3) is 11.1 Å². The molecule has 2 aromatic rings. The van der Waals surface area contributed by atoms with Gasteiger partial charge in [0, 0.05) is 36.7 Å². The molecule has 0 saturated carbocycles. The van der Waals surface area contributed by atoms with Crippen LogP contribution in [0.1, 0.15) is 32.3 Å². The van der Waals surface area contributed by atoms with E-state index in [1.807, 2.05) is 12.1 Å². The van der Waals surface area contributed by atoms with Crippen molar-refractivity contribution in [2.24, 2.45) is 0 Å². The van der Waals surface area contributed by atoms with Crippen LogP contribution in [0.15, 0.2) is 53.4 Å². The van der Waals surface area contributed by atoms with Gasteiger partial charge in [-0.3, -0.25) is 4.79 Å². The molecule has 0 amide bonds. The first-order chi connectivity index (χ1) is 16.2. The van der Waals surface area contributed by atoms with Crippen LogP contribution in [0, 0.1) is 0 Å². The van der Waals surface area contributed by atoms with E-state index in [0.717, 1.165) is 48.0 Å². The van der Waals surface area contributed by atoms with Crippen LogP contribution in [-0.4, -0.2) is 66.1 Å². The Balaban J connectivity index is 1.44. The van der Waals surface area contributed by atoms with E-state index in [1.165, 1.54) is 17.3 Å². The molecule has 2 aliphatic rings. The molecule has 2 N–H and O–H groups in total. The molecule has 0 aromatic heterocycles. The maximum atomic E-state index is 13.3. The van der Waals surface area contributed by atoms with E-state index in [9.17, 15) is 18.3 Å². The van der Waals surface area contributed by atoms with Crippen LogP contribution in [0.5, 0.6) is 0 Å². The molecule has 9 heteroatoms. The number of hydrogen-bond donors (Lipinski definition) is 2. The molecule has 2 aromatic carbocycles. The van der Waals surface area contributed by atoms with Crippen molar-refractivity contribution in [2.45, 2.75) is 55.0 Å². The van der Waals surface area contributed by atoms with Crippen LogP contribution in [0.3, 0.4) is 0 Å². The summed E-state index contributed by atoms with van der Waals surface area (Å²) in [4.78, 5) is 12.0. The molecular formula is C25H32N2O5S2. The lowest BCUT2D eigenvalue weighted by Gasteiger charge is -2.42. The number of rotatable bonds is 8. The van der Waals surface area contributed by atoms with E-state index in [-0.39, 0.29) is 11.4 Å². The lowest BCUT2D eigenvalue weighted by Crippen LogP contribution is -2.58. The number of hydrogen-bond acceptors (Lipinski definition) is 6. The Morgan fingerprint density at radius 2 is 1.79 bits per heavy atom. The SMILES string of the molecule is CC1(C)SCCN(S(=O)(=O)c2ccc(-c3ccc(CNCC4CCCO4)cc3)cc2)[C@H]1C(=O)O. The Kier molecular flexibility index (Phi) is 7.69. The minimum atomic E-state index is -3.93. The Labute approximate surface area is 205 Å². The molecule has 2 saturated heterocycles. The molecule has 4 rings (SSSR count). The highest BCUT2D eigenvalue weighted by Crippen LogP contribution is 2.38. The van der Waals surface area contributed by atoms with Crippen molar-refractivity contribution < 1.29 is 23.1 Å². The molecule has 0 radical (unpaired) electrons. The lowest BCUT2D eigenvalue weighted by molar-refractivity contribution is -0.142. The fourth-order valence-corrected chi connectivity index (χ4v) is 7.68. The number of aliphatic carboxylic acids is 1. The van der Waals surface area contributed by atoms with Crippen molar-refractivity contribution in [3.63, 3.8) is 0 Å². The van der Waals surface area contributed by atoms with Crippen molar-refractivity contribution in [2.75, 3.05) is 25.4 Å². The number of benzene rings is 2. The number of sulfonamides is 1. The quantitative estimate of drug-likeness (QED) is 0.567. The van der Waals surface area contributed by atoms with Gasteiger partial charge in [-0.1, -0.05) is 36.4 Å². The summed E-state index contributed by atoms with van der Waals surface area (Å²) in [6, 6.07) is 13.7. The van der Waals surface area contributed by atoms with Gasteiger partial charge in [-0.25, -0.2) is 8.42 Å². The molecule has 0 aliphatic carbocycles. The Morgan fingerprint density at radius 3 is 2.38 bits per heavy atom. The summed E-state index contributed by atoms with van der Waals surface area (Å²) in [6.07, 6.45) is 2.56. The molecular weight excluding hydrogens is 472 g/mol. The molecule has 184 valence electrons. The number of thioether (sulfide) groups is 1. The number of carboxylic acid groups (broad SMARTS) is 1. The van der Waals surface area contributed by atoms with Gasteiger partial charge in [0.2, 0.25) is 10.0 Å². The van der Waals surface area contributed by atoms with Gasteiger partial charge in [0.05, 0.1) is 11.0 Å². The van der Waals surface area contributed by atoms with Gasteiger partial charge in [0.1, 0.15) is 6.04 Å². The number of carbonyl (C=O) groups is 1. The van der Waals surface area contributed by atoms with Crippen LogP contribution in [0.2, 0.25) is 0 Å². The van der Waals surface area contributed by atoms with E-state index in [0.29, 0.717) is 11.9 Å². The highest BCUT2D eigenvalue weighted by Gasteiger charge is 2.48. The predicted octanol–water partition coefficient (Wildman–Crippen LogP) is 3.59. The first kappa shape index (κ1) is 25.2. The molecule has 0 spiro atoms. The fraction of sp³-hybridized carbons (Fsp3) is 0.480. The van der Waals surface area contributed by atoms with Crippen molar-refractivity contribution in [1.82, 2.24) is 9.62 Å². The zero-order valence-electron chi connectivity index (χ0n) is 19.6. The van der Waals surface area contributed by atoms with Gasteiger partial charge in [0.25, 0.3) is 0 Å². The van der Waals surface area contributed by atoms with Gasteiger partial charge in [-0.2, -0.15) is 16.1 Å². The van der Waals surface area contributed by atoms with Crippen molar-refractivity contribution in [1.29, 1.82) is 0 Å². The summed E-state index contributed by atoms with van der Waals surface area (Å²) in [5.41, 5.74) is 3.07. The Bertz CT molecular complexity index is 1100. The third kappa shape index (κ3) is 5.49. The first-order valence-electron chi connectivity index (χ1n) is 11.6. The molecule has 2 fully saturated rings. The average molecular weight is 505 g/mol. The molecule has 7 nitrogen and oxygen atoms in total. The van der Waals surface area contributed by atoms with Crippen LogP contribution < -0.4 is 5.32 Å². The molecule has 0 bridgehead atoms. The van der Waals surface area contributed by atoms with Gasteiger partial charge in [-0.05, 0) is 55.5 Å². The molecule has 2 aliphatic heterocycles. The highest BCUT2D eigenvalue weighted by atomic mass is 32.2. The van der Waals surface area contributed by atoms with Gasteiger partial charge < -0.3 is 15.2 Å². The van der Waals surface area contributed by atoms with E-state index in [2.05, 4.69) is 17.4 Å². The summed E-state index contributed by atoms with van der Waals surface area (Å²) in [7, 11) is -3.93. The van der Waals surface area contributed by atoms with Crippen LogP contribution in [-0.2, 0) is 26.1 Å². The summed E-state index contributed by atoms with van der Waals surface area (Å²) >= 11 is 1.49. The summed E-state index contributed by atoms with van der Waals surface area (Å²) in [5.74, 6) is -0.564. The fourth-order valence-electron chi connectivity index (χ4n) is 4.59. The monoisotopic (exact) mass is 504 g/mol. The van der Waals surface area contributed by atoms with E-state index < -0.39 is 26.8 Å². The molecule has 2 atom stereocenters. The number of nitrogens with one attached hydrogen (secondary N) is 1. The lowest BCUT2D eigenvalue weighted by atomic mass is 10.0. The van der Waals surface area contributed by atoms with E-state index >= 15 is 0 Å². The van der Waals surface area contributed by atoms with Crippen LogP contribution >= 0.6 is 11.8 Å². The second-order valence-corrected chi connectivity index (χ2v) is 12.9. The third-order valence-electron chi connectivity index (χ3n) is 6.44. The number of nitrogens with zero attached hydrogens (tertiary/aromatic N) is 1. The zero-order valence-corrected chi connectivity index (χ0v) is 21.2. The zero-order chi connectivity index (χ0) is 24.3. The molecule has 2 heterocycles. The van der Waals surface area contributed by atoms with Crippen molar-refractivity contribution in [3.05, 3.63) is 54.1 Å². The van der Waals surface area contributed by atoms with Crippen molar-refractivity contribution >= 4 is 27.8 Å². The summed E-state index contributed by atoms with van der Waals surface area (Å²) in [6.45, 7) is 6.22. The average Bonchev–Trinajstić information content (AvgIpc) is 3.32. The van der Waals surface area contributed by atoms with E-state index in [4.69, 9.17) is 4.74 Å². The number of carboxylic acids is 1. The maximum absolute atomic E-state index is 13.3. The van der Waals surface area contributed by atoms with Gasteiger partial charge >= 0.3 is 5.97 Å². The van der Waals surface area contributed by atoms with E-state index in [1.54, 1.807) is 38.1 Å². The van der Waals surface area contributed by atoms with Crippen molar-refractivity contribution in [3.8, 4) is 11.1 Å². The number of ether oxygens (including phenoxy) is 1. The minimum absolute atomic E-state index is 0.111. The smallest absolute Gasteiger partial charge is 0.323 e. The minimum Gasteiger partial charge on any atom is -0.480 e. The second kappa shape index (κ2) is 10.4. The third-order valence-corrected chi connectivity index (χ3v) is 9.67. The summed E-state index contributed by atoms with van der Waals surface area (Å²) < 4.78 is 32.7. The molecule has 34 heavy (non-hydrogen) atoms. The standard InChI is InChI=1S/C25H32N2O5S2/c1-25(2)23(24(28)29)27(13-15-33-25)34(30,31)22-11-9-20(10-12-22)19-7-5-18(6-8-19)16-26-17-21-4-3-14-32-21/h5-12,21,23,26H,3-4,13-17H2,1-2H3,(H,28,29)/t21?,23-/m0/s1. The van der Waals surface area contributed by atoms with Gasteiger partial charge in [0.15, 0.2) is 0 Å². The Hall–Kier alpha value is -1.91. The predicted molar refractivity (Wildman–Crippen MR) is 134 cm³/mol.